The molecule has 1 aromatic carbocycles. The molecule has 0 bridgehead atoms. The molecule has 1 aromatic rings. The van der Waals surface area contributed by atoms with E-state index in [0.29, 0.717) is 12.1 Å². The molecule has 0 saturated carbocycles. The molecular weight excluding hydrogens is 342 g/mol. The zero-order valence-electron chi connectivity index (χ0n) is 8.22. The van der Waals surface area contributed by atoms with Gasteiger partial charge in [-0.05, 0) is 40.4 Å². The molecule has 0 spiro atoms. The van der Waals surface area contributed by atoms with E-state index < -0.39 is 0 Å². The highest BCUT2D eigenvalue weighted by molar-refractivity contribution is 9.11. The summed E-state index contributed by atoms with van der Waals surface area (Å²) in [6.07, 6.45) is 2.02. The Morgan fingerprint density at radius 1 is 1.47 bits per heavy atom. The summed E-state index contributed by atoms with van der Waals surface area (Å²) < 4.78 is 1.72. The van der Waals surface area contributed by atoms with Crippen LogP contribution in [-0.2, 0) is 0 Å². The third-order valence-corrected chi connectivity index (χ3v) is 3.56. The van der Waals surface area contributed by atoms with Crippen molar-refractivity contribution in [3.63, 3.8) is 0 Å². The number of carbonyl (C=O) groups is 1. The summed E-state index contributed by atoms with van der Waals surface area (Å²) in [5, 5.41) is 2.86. The summed E-state index contributed by atoms with van der Waals surface area (Å²) in [5.74, 6) is 0.884. The van der Waals surface area contributed by atoms with Crippen LogP contribution in [0.2, 0.25) is 0 Å². The molecule has 0 aromatic heterocycles. The van der Waals surface area contributed by atoms with E-state index in [1.807, 2.05) is 18.4 Å². The van der Waals surface area contributed by atoms with E-state index in [0.717, 1.165) is 14.7 Å². The molecule has 82 valence electrons. The van der Waals surface area contributed by atoms with Crippen LogP contribution in [-0.4, -0.2) is 24.5 Å². The number of amides is 1. The van der Waals surface area contributed by atoms with Gasteiger partial charge >= 0.3 is 0 Å². The monoisotopic (exact) mass is 351 g/mol. The number of benzene rings is 1. The Bertz CT molecular complexity index is 357. The number of hydrogen-bond donors (Lipinski definition) is 1. The SMILES string of the molecule is CSCCNC(=O)c1cc(Br)ccc1Br. The van der Waals surface area contributed by atoms with Gasteiger partial charge in [0, 0.05) is 21.2 Å². The van der Waals surface area contributed by atoms with Crippen molar-refractivity contribution in [3.8, 4) is 0 Å². The maximum absolute atomic E-state index is 11.7. The smallest absolute Gasteiger partial charge is 0.252 e. The third kappa shape index (κ3) is 4.17. The number of thioether (sulfide) groups is 1. The van der Waals surface area contributed by atoms with Gasteiger partial charge in [-0.3, -0.25) is 4.79 Å². The zero-order valence-corrected chi connectivity index (χ0v) is 12.2. The van der Waals surface area contributed by atoms with E-state index in [2.05, 4.69) is 37.2 Å². The molecular formula is C10H11Br2NOS. The molecule has 0 unspecified atom stereocenters. The van der Waals surface area contributed by atoms with Crippen LogP contribution in [0.25, 0.3) is 0 Å². The van der Waals surface area contributed by atoms with Gasteiger partial charge in [0.15, 0.2) is 0 Å². The molecule has 0 aliphatic carbocycles. The second kappa shape index (κ2) is 6.55. The highest BCUT2D eigenvalue weighted by atomic mass is 79.9. The van der Waals surface area contributed by atoms with Crippen molar-refractivity contribution in [3.05, 3.63) is 32.7 Å². The van der Waals surface area contributed by atoms with Crippen LogP contribution in [0, 0.1) is 0 Å². The molecule has 0 aliphatic rings. The second-order valence-corrected chi connectivity index (χ2v) is 5.63. The highest BCUT2D eigenvalue weighted by Gasteiger charge is 2.09. The number of carbonyl (C=O) groups excluding carboxylic acids is 1. The molecule has 0 fully saturated rings. The van der Waals surface area contributed by atoms with Crippen molar-refractivity contribution < 1.29 is 4.79 Å². The Hall–Kier alpha value is -0.000000000000000111. The Labute approximate surface area is 110 Å². The van der Waals surface area contributed by atoms with Crippen molar-refractivity contribution in [2.75, 3.05) is 18.6 Å². The minimum Gasteiger partial charge on any atom is -0.351 e. The lowest BCUT2D eigenvalue weighted by atomic mass is 10.2. The highest BCUT2D eigenvalue weighted by Crippen LogP contribution is 2.21. The van der Waals surface area contributed by atoms with Crippen molar-refractivity contribution >= 4 is 49.5 Å². The molecule has 0 saturated heterocycles. The Morgan fingerprint density at radius 2 is 2.20 bits per heavy atom. The van der Waals surface area contributed by atoms with Crippen LogP contribution >= 0.6 is 43.6 Å². The fourth-order valence-corrected chi connectivity index (χ4v) is 2.13. The molecule has 5 heteroatoms. The first-order chi connectivity index (χ1) is 7.15. The van der Waals surface area contributed by atoms with Crippen molar-refractivity contribution in [2.45, 2.75) is 0 Å². The molecule has 1 rings (SSSR count). The van der Waals surface area contributed by atoms with E-state index in [-0.39, 0.29) is 5.91 Å². The molecule has 2 nitrogen and oxygen atoms in total. The van der Waals surface area contributed by atoms with E-state index >= 15 is 0 Å². The largest absolute Gasteiger partial charge is 0.351 e. The van der Waals surface area contributed by atoms with Gasteiger partial charge in [0.05, 0.1) is 5.56 Å². The second-order valence-electron chi connectivity index (χ2n) is 2.87. The lowest BCUT2D eigenvalue weighted by molar-refractivity contribution is 0.0955. The molecule has 0 heterocycles. The van der Waals surface area contributed by atoms with Crippen LogP contribution in [0.3, 0.4) is 0 Å². The summed E-state index contributed by atoms with van der Waals surface area (Å²) in [5.41, 5.74) is 0.658. The maximum atomic E-state index is 11.7. The minimum atomic E-state index is -0.0442. The topological polar surface area (TPSA) is 29.1 Å². The summed E-state index contributed by atoms with van der Waals surface area (Å²) in [7, 11) is 0. The molecule has 1 N–H and O–H groups in total. The number of rotatable bonds is 4. The fraction of sp³-hybridized carbons (Fsp3) is 0.300. The molecule has 0 aliphatic heterocycles. The number of halogens is 2. The van der Waals surface area contributed by atoms with Crippen molar-refractivity contribution in [1.82, 2.24) is 5.32 Å². The maximum Gasteiger partial charge on any atom is 0.252 e. The van der Waals surface area contributed by atoms with Crippen LogP contribution in [0.4, 0.5) is 0 Å². The van der Waals surface area contributed by atoms with Crippen LogP contribution < -0.4 is 5.32 Å². The minimum absolute atomic E-state index is 0.0442. The predicted octanol–water partition coefficient (Wildman–Crippen LogP) is 3.30. The van der Waals surface area contributed by atoms with Gasteiger partial charge in [0.2, 0.25) is 0 Å². The van der Waals surface area contributed by atoms with Gasteiger partial charge < -0.3 is 5.32 Å². The lowest BCUT2D eigenvalue weighted by Gasteiger charge is -2.06. The van der Waals surface area contributed by atoms with Gasteiger partial charge in [-0.2, -0.15) is 11.8 Å². The van der Waals surface area contributed by atoms with Crippen LogP contribution in [0.1, 0.15) is 10.4 Å². The first-order valence-electron chi connectivity index (χ1n) is 4.37. The normalized spacial score (nSPS) is 10.1. The average molecular weight is 353 g/mol. The van der Waals surface area contributed by atoms with E-state index in [1.54, 1.807) is 17.8 Å². The van der Waals surface area contributed by atoms with Gasteiger partial charge in [-0.1, -0.05) is 15.9 Å². The first-order valence-corrected chi connectivity index (χ1v) is 7.35. The molecule has 0 atom stereocenters. The van der Waals surface area contributed by atoms with E-state index in [9.17, 15) is 4.79 Å². The lowest BCUT2D eigenvalue weighted by Crippen LogP contribution is -2.26. The van der Waals surface area contributed by atoms with E-state index in [4.69, 9.17) is 0 Å². The first kappa shape index (κ1) is 13.1. The van der Waals surface area contributed by atoms with Gasteiger partial charge in [-0.15, -0.1) is 0 Å². The zero-order chi connectivity index (χ0) is 11.3. The van der Waals surface area contributed by atoms with Gasteiger partial charge in [0.25, 0.3) is 5.91 Å². The van der Waals surface area contributed by atoms with Crippen molar-refractivity contribution in [1.29, 1.82) is 0 Å². The van der Waals surface area contributed by atoms with Gasteiger partial charge in [0.1, 0.15) is 0 Å². The summed E-state index contributed by atoms with van der Waals surface area (Å²) in [4.78, 5) is 11.7. The third-order valence-electron chi connectivity index (χ3n) is 1.76. The van der Waals surface area contributed by atoms with E-state index in [1.165, 1.54) is 0 Å². The quantitative estimate of drug-likeness (QED) is 0.842. The Morgan fingerprint density at radius 3 is 2.87 bits per heavy atom. The van der Waals surface area contributed by atoms with Crippen LogP contribution in [0.5, 0.6) is 0 Å². The fourth-order valence-electron chi connectivity index (χ4n) is 1.03. The molecule has 0 radical (unpaired) electrons. The summed E-state index contributed by atoms with van der Waals surface area (Å²) in [6, 6.07) is 5.55. The average Bonchev–Trinajstić information content (AvgIpc) is 2.22. The van der Waals surface area contributed by atoms with Gasteiger partial charge in [-0.25, -0.2) is 0 Å². The number of hydrogen-bond acceptors (Lipinski definition) is 2. The Kier molecular flexibility index (Phi) is 5.71. The van der Waals surface area contributed by atoms with Crippen molar-refractivity contribution in [2.24, 2.45) is 0 Å². The summed E-state index contributed by atoms with van der Waals surface area (Å²) in [6.45, 7) is 0.693. The summed E-state index contributed by atoms with van der Waals surface area (Å²) >= 11 is 8.41. The number of nitrogens with one attached hydrogen (secondary N) is 1. The van der Waals surface area contributed by atoms with Crippen LogP contribution in [0.15, 0.2) is 27.1 Å². The predicted molar refractivity (Wildman–Crippen MR) is 72.6 cm³/mol. The molecule has 1 amide bonds. The Balaban J connectivity index is 2.68. The molecule has 15 heavy (non-hydrogen) atoms. The standard InChI is InChI=1S/C10H11Br2NOS/c1-15-5-4-13-10(14)8-6-7(11)2-3-9(8)12/h2-3,6H,4-5H2,1H3,(H,13,14).